The fourth-order valence-corrected chi connectivity index (χ4v) is 5.50. The van der Waals surface area contributed by atoms with Crippen molar-refractivity contribution in [3.8, 4) is 28.2 Å². The second-order valence-electron chi connectivity index (χ2n) is 9.81. The van der Waals surface area contributed by atoms with Crippen molar-refractivity contribution in [1.82, 2.24) is 14.5 Å². The summed E-state index contributed by atoms with van der Waals surface area (Å²) in [6.07, 6.45) is 0. The van der Waals surface area contributed by atoms with Gasteiger partial charge < -0.3 is 4.42 Å². The Labute approximate surface area is 219 Å². The lowest BCUT2D eigenvalue weighted by atomic mass is 9.98. The molecule has 7 rings (SSSR count). The Morgan fingerprint density at radius 3 is 2.26 bits per heavy atom. The molecule has 3 heterocycles. The number of halogens is 1. The summed E-state index contributed by atoms with van der Waals surface area (Å²) in [5.41, 5.74) is 10.5. The first-order valence-electron chi connectivity index (χ1n) is 12.6. The van der Waals surface area contributed by atoms with Crippen LogP contribution in [0, 0.1) is 26.6 Å². The number of aryl methyl sites for hydroxylation is 3. The second-order valence-corrected chi connectivity index (χ2v) is 9.81. The maximum Gasteiger partial charge on any atom is 0.227 e. The molecule has 38 heavy (non-hydrogen) atoms. The van der Waals surface area contributed by atoms with Crippen LogP contribution in [-0.2, 0) is 0 Å². The highest BCUT2D eigenvalue weighted by Gasteiger charge is 2.22. The minimum absolute atomic E-state index is 0.238. The summed E-state index contributed by atoms with van der Waals surface area (Å²) in [5, 5.41) is 2.01. The Kier molecular flexibility index (Phi) is 4.95. The molecule has 184 valence electrons. The van der Waals surface area contributed by atoms with Crippen molar-refractivity contribution in [2.45, 2.75) is 20.8 Å². The number of fused-ring (bicyclic) bond motifs is 4. The molecule has 0 saturated carbocycles. The lowest BCUT2D eigenvalue weighted by Crippen LogP contribution is -2.03. The molecule has 0 aliphatic carbocycles. The third kappa shape index (κ3) is 3.43. The lowest BCUT2D eigenvalue weighted by Gasteiger charge is -2.17. The van der Waals surface area contributed by atoms with Gasteiger partial charge >= 0.3 is 0 Å². The molecule has 0 spiro atoms. The van der Waals surface area contributed by atoms with Crippen LogP contribution in [0.3, 0.4) is 0 Å². The van der Waals surface area contributed by atoms with E-state index in [0.29, 0.717) is 5.71 Å². The van der Waals surface area contributed by atoms with Crippen molar-refractivity contribution in [3.05, 3.63) is 114 Å². The Bertz CT molecular complexity index is 1990. The Balaban J connectivity index is 1.51. The maximum atomic E-state index is 13.5. The molecule has 4 aromatic carbocycles. The quantitative estimate of drug-likeness (QED) is 0.245. The Morgan fingerprint density at radius 1 is 0.711 bits per heavy atom. The predicted octanol–water partition coefficient (Wildman–Crippen LogP) is 8.72. The molecule has 0 N–H and O–H groups in total. The van der Waals surface area contributed by atoms with Gasteiger partial charge in [0.2, 0.25) is 5.71 Å². The van der Waals surface area contributed by atoms with Crippen LogP contribution in [0.25, 0.3) is 61.3 Å². The summed E-state index contributed by atoms with van der Waals surface area (Å²) in [6.45, 7) is 6.19. The van der Waals surface area contributed by atoms with Gasteiger partial charge in [0.25, 0.3) is 0 Å². The van der Waals surface area contributed by atoms with E-state index >= 15 is 0 Å². The summed E-state index contributed by atoms with van der Waals surface area (Å²) in [5.74, 6) is 0.576. The molecule has 5 heteroatoms. The summed E-state index contributed by atoms with van der Waals surface area (Å²) >= 11 is 0. The number of para-hydroxylation sites is 3. The number of nitrogens with zero attached hydrogens (tertiary/aromatic N) is 3. The van der Waals surface area contributed by atoms with Crippen LogP contribution < -0.4 is 0 Å². The number of hydrogen-bond acceptors (Lipinski definition) is 3. The zero-order valence-electron chi connectivity index (χ0n) is 21.3. The topological polar surface area (TPSA) is 43.9 Å². The molecular formula is C33H24FN3O. The zero-order chi connectivity index (χ0) is 26.0. The first-order chi connectivity index (χ1) is 18.5. The van der Waals surface area contributed by atoms with E-state index in [4.69, 9.17) is 9.40 Å². The van der Waals surface area contributed by atoms with Gasteiger partial charge in [0.05, 0.1) is 22.3 Å². The molecule has 0 aliphatic rings. The molecule has 0 fully saturated rings. The van der Waals surface area contributed by atoms with E-state index in [1.807, 2.05) is 49.4 Å². The van der Waals surface area contributed by atoms with Crippen molar-refractivity contribution >= 4 is 33.1 Å². The van der Waals surface area contributed by atoms with Gasteiger partial charge in [0.1, 0.15) is 17.2 Å². The average molecular weight is 498 g/mol. The van der Waals surface area contributed by atoms with Gasteiger partial charge in [0.15, 0.2) is 0 Å². The molecule has 0 saturated heterocycles. The Morgan fingerprint density at radius 2 is 1.47 bits per heavy atom. The highest BCUT2D eigenvalue weighted by atomic mass is 19.1. The normalized spacial score (nSPS) is 11.7. The number of furan rings is 1. The van der Waals surface area contributed by atoms with Crippen LogP contribution in [0.2, 0.25) is 0 Å². The lowest BCUT2D eigenvalue weighted by molar-refractivity contribution is 0.628. The van der Waals surface area contributed by atoms with Gasteiger partial charge in [-0.2, -0.15) is 0 Å². The third-order valence-electron chi connectivity index (χ3n) is 7.20. The van der Waals surface area contributed by atoms with Crippen LogP contribution in [0.1, 0.15) is 16.8 Å². The molecule has 0 amide bonds. The standard InChI is InChI=1S/C33H24FN3O/c1-19-17-23(22-12-14-24(34)15-13-22)18-20(2)30(19)37-29-10-5-4-9-28(29)36-32(37)27-8-6-7-25-26-16-11-21(3)35-33(26)38-31(25)27/h4-18H,1-3H3. The van der Waals surface area contributed by atoms with Crippen LogP contribution >= 0.6 is 0 Å². The maximum absolute atomic E-state index is 13.5. The largest absolute Gasteiger partial charge is 0.437 e. The number of aromatic nitrogens is 3. The average Bonchev–Trinajstić information content (AvgIpc) is 3.47. The summed E-state index contributed by atoms with van der Waals surface area (Å²) in [6, 6.07) is 29.4. The zero-order valence-corrected chi connectivity index (χ0v) is 21.3. The molecule has 0 radical (unpaired) electrons. The Hall–Kier alpha value is -4.77. The highest BCUT2D eigenvalue weighted by molar-refractivity contribution is 6.08. The first kappa shape index (κ1) is 22.4. The predicted molar refractivity (Wildman–Crippen MR) is 151 cm³/mol. The molecule has 0 bridgehead atoms. The van der Waals surface area contributed by atoms with Gasteiger partial charge in [0, 0.05) is 16.5 Å². The van der Waals surface area contributed by atoms with Crippen LogP contribution in [0.5, 0.6) is 0 Å². The third-order valence-corrected chi connectivity index (χ3v) is 7.20. The first-order valence-corrected chi connectivity index (χ1v) is 12.6. The monoisotopic (exact) mass is 497 g/mol. The molecule has 4 nitrogen and oxygen atoms in total. The van der Waals surface area contributed by atoms with E-state index in [-0.39, 0.29) is 5.82 Å². The number of hydrogen-bond donors (Lipinski definition) is 0. The van der Waals surface area contributed by atoms with E-state index in [9.17, 15) is 4.39 Å². The highest BCUT2D eigenvalue weighted by Crippen LogP contribution is 2.39. The summed E-state index contributed by atoms with van der Waals surface area (Å²) in [7, 11) is 0. The molecule has 7 aromatic rings. The van der Waals surface area contributed by atoms with Crippen LogP contribution in [-0.4, -0.2) is 14.5 Å². The van der Waals surface area contributed by atoms with E-state index in [0.717, 1.165) is 72.4 Å². The van der Waals surface area contributed by atoms with Gasteiger partial charge in [-0.3, -0.25) is 4.57 Å². The van der Waals surface area contributed by atoms with Crippen LogP contribution in [0.4, 0.5) is 4.39 Å². The van der Waals surface area contributed by atoms with Crippen molar-refractivity contribution in [2.75, 3.05) is 0 Å². The van der Waals surface area contributed by atoms with Crippen LogP contribution in [0.15, 0.2) is 95.4 Å². The molecular weight excluding hydrogens is 473 g/mol. The van der Waals surface area contributed by atoms with Gasteiger partial charge in [-0.15, -0.1) is 0 Å². The molecule has 3 aromatic heterocycles. The number of imidazole rings is 1. The van der Waals surface area contributed by atoms with Gasteiger partial charge in [-0.05, 0) is 97.6 Å². The fraction of sp³-hybridized carbons (Fsp3) is 0.0909. The summed E-state index contributed by atoms with van der Waals surface area (Å²) < 4.78 is 22.1. The van der Waals surface area contributed by atoms with Crippen molar-refractivity contribution in [2.24, 2.45) is 0 Å². The number of pyridine rings is 1. The van der Waals surface area contributed by atoms with E-state index in [2.05, 4.69) is 59.8 Å². The fourth-order valence-electron chi connectivity index (χ4n) is 5.50. The van der Waals surface area contributed by atoms with Crippen molar-refractivity contribution in [3.63, 3.8) is 0 Å². The smallest absolute Gasteiger partial charge is 0.227 e. The minimum Gasteiger partial charge on any atom is -0.437 e. The van der Waals surface area contributed by atoms with E-state index < -0.39 is 0 Å². The molecule has 0 atom stereocenters. The SMILES string of the molecule is Cc1ccc2c(n1)oc1c(-c3nc4ccccc4n3-c3c(C)cc(-c4ccc(F)cc4)cc3C)cccc12. The van der Waals surface area contributed by atoms with Crippen molar-refractivity contribution in [1.29, 1.82) is 0 Å². The van der Waals surface area contributed by atoms with E-state index in [1.54, 1.807) is 0 Å². The summed E-state index contributed by atoms with van der Waals surface area (Å²) in [4.78, 5) is 9.74. The van der Waals surface area contributed by atoms with Crippen molar-refractivity contribution < 1.29 is 8.81 Å². The molecule has 0 aliphatic heterocycles. The van der Waals surface area contributed by atoms with Gasteiger partial charge in [-0.1, -0.05) is 36.4 Å². The van der Waals surface area contributed by atoms with E-state index in [1.165, 1.54) is 12.1 Å². The molecule has 0 unspecified atom stereocenters. The van der Waals surface area contributed by atoms with Gasteiger partial charge in [-0.25, -0.2) is 14.4 Å². The second kappa shape index (κ2) is 8.38. The number of benzene rings is 4. The number of rotatable bonds is 3. The minimum atomic E-state index is -0.238.